The molecule has 1 radical (unpaired) electrons. The van der Waals surface area contributed by atoms with Gasteiger partial charge in [0.05, 0.1) is 7.11 Å². The Bertz CT molecular complexity index is 271. The summed E-state index contributed by atoms with van der Waals surface area (Å²) in [5.74, 6) is 0.873. The fraction of sp³-hybridized carbons (Fsp3) is 0.300. The molecule has 71 valence electrons. The summed E-state index contributed by atoms with van der Waals surface area (Å²) in [6, 6.07) is 5.12. The lowest BCUT2D eigenvalue weighted by Crippen LogP contribution is -1.90. The summed E-state index contributed by atoms with van der Waals surface area (Å²) in [5.41, 5.74) is 0. The van der Waals surface area contributed by atoms with E-state index in [1.165, 1.54) is 7.11 Å². The van der Waals surface area contributed by atoms with Crippen LogP contribution in [-0.4, -0.2) is 12.2 Å². The van der Waals surface area contributed by atoms with Crippen molar-refractivity contribution in [1.82, 2.24) is 0 Å². The van der Waals surface area contributed by atoms with Crippen LogP contribution in [0.1, 0.15) is 13.3 Å². The van der Waals surface area contributed by atoms with Crippen molar-refractivity contribution in [2.75, 3.05) is 7.11 Å². The van der Waals surface area contributed by atoms with E-state index in [9.17, 15) is 5.11 Å². The smallest absolute Gasteiger partial charge is 0.200 e. The highest BCUT2D eigenvalue weighted by atomic mass is 16.5. The first kappa shape index (κ1) is 9.71. The van der Waals surface area contributed by atoms with Gasteiger partial charge in [-0.2, -0.15) is 0 Å². The molecule has 0 unspecified atom stereocenters. The summed E-state index contributed by atoms with van der Waals surface area (Å²) in [4.78, 5) is 0. The number of hydrogen-bond acceptors (Lipinski definition) is 3. The highest BCUT2D eigenvalue weighted by Crippen LogP contribution is 2.35. The molecule has 0 spiro atoms. The number of benzene rings is 1. The number of phenols is 1. The highest BCUT2D eigenvalue weighted by molar-refractivity contribution is 5.49. The molecule has 3 heteroatoms. The molecule has 1 N–H and O–H groups in total. The number of para-hydroxylation sites is 1. The van der Waals surface area contributed by atoms with Crippen molar-refractivity contribution in [1.29, 1.82) is 0 Å². The Hall–Kier alpha value is -1.38. The van der Waals surface area contributed by atoms with Crippen LogP contribution in [0.5, 0.6) is 17.2 Å². The molecule has 0 fully saturated rings. The Morgan fingerprint density at radius 1 is 1.38 bits per heavy atom. The van der Waals surface area contributed by atoms with Gasteiger partial charge < -0.3 is 14.6 Å². The van der Waals surface area contributed by atoms with Gasteiger partial charge in [0.25, 0.3) is 0 Å². The molecule has 0 aliphatic carbocycles. The molecule has 3 nitrogen and oxygen atoms in total. The zero-order chi connectivity index (χ0) is 9.68. The normalized spacial score (nSPS) is 9.69. The molecule has 1 aromatic carbocycles. The van der Waals surface area contributed by atoms with E-state index in [1.807, 2.05) is 6.92 Å². The number of ether oxygens (including phenoxy) is 2. The van der Waals surface area contributed by atoms with Crippen molar-refractivity contribution in [3.8, 4) is 17.2 Å². The minimum absolute atomic E-state index is 0.0368. The highest BCUT2D eigenvalue weighted by Gasteiger charge is 2.07. The lowest BCUT2D eigenvalue weighted by Gasteiger charge is -2.08. The van der Waals surface area contributed by atoms with Crippen LogP contribution in [0.3, 0.4) is 0 Å². The van der Waals surface area contributed by atoms with Crippen molar-refractivity contribution < 1.29 is 14.6 Å². The summed E-state index contributed by atoms with van der Waals surface area (Å²) in [6.45, 7) is 3.58. The molecule has 1 aromatic rings. The SMILES string of the molecule is CC[CH]Oc1cccc(OC)c1O. The third-order valence-electron chi connectivity index (χ3n) is 1.56. The molecule has 0 atom stereocenters. The third-order valence-corrected chi connectivity index (χ3v) is 1.56. The Kier molecular flexibility index (Phi) is 3.43. The third kappa shape index (κ3) is 2.28. The van der Waals surface area contributed by atoms with Crippen LogP contribution in [-0.2, 0) is 0 Å². The fourth-order valence-corrected chi connectivity index (χ4v) is 0.935. The second kappa shape index (κ2) is 4.60. The first-order chi connectivity index (χ1) is 6.29. The Labute approximate surface area is 77.9 Å². The first-order valence-electron chi connectivity index (χ1n) is 4.14. The van der Waals surface area contributed by atoms with E-state index < -0.39 is 0 Å². The summed E-state index contributed by atoms with van der Waals surface area (Å²) < 4.78 is 10.1. The molecular formula is C10H13O3. The lowest BCUT2D eigenvalue weighted by molar-refractivity contribution is 0.335. The number of rotatable bonds is 4. The molecule has 0 aliphatic rings. The number of methoxy groups -OCH3 is 1. The molecule has 13 heavy (non-hydrogen) atoms. The van der Waals surface area contributed by atoms with Crippen LogP contribution in [0.15, 0.2) is 18.2 Å². The van der Waals surface area contributed by atoms with Crippen LogP contribution in [0.4, 0.5) is 0 Å². The molecular weight excluding hydrogens is 168 g/mol. The summed E-state index contributed by atoms with van der Waals surface area (Å²) in [7, 11) is 1.50. The number of aromatic hydroxyl groups is 1. The molecule has 1 rings (SSSR count). The van der Waals surface area contributed by atoms with E-state index in [0.717, 1.165) is 6.42 Å². The van der Waals surface area contributed by atoms with Gasteiger partial charge in [-0.25, -0.2) is 0 Å². The quantitative estimate of drug-likeness (QED) is 0.774. The lowest BCUT2D eigenvalue weighted by atomic mass is 10.3. The monoisotopic (exact) mass is 181 g/mol. The minimum atomic E-state index is 0.0368. The summed E-state index contributed by atoms with van der Waals surface area (Å²) in [5, 5.41) is 9.55. The van der Waals surface area contributed by atoms with E-state index in [4.69, 9.17) is 9.47 Å². The predicted octanol–water partition coefficient (Wildman–Crippen LogP) is 2.35. The molecule has 0 saturated carbocycles. The second-order valence-corrected chi connectivity index (χ2v) is 2.50. The van der Waals surface area contributed by atoms with E-state index in [1.54, 1.807) is 24.8 Å². The maximum absolute atomic E-state index is 9.55. The van der Waals surface area contributed by atoms with E-state index in [2.05, 4.69) is 0 Å². The van der Waals surface area contributed by atoms with Gasteiger partial charge in [-0.3, -0.25) is 0 Å². The summed E-state index contributed by atoms with van der Waals surface area (Å²) in [6.07, 6.45) is 0.788. The van der Waals surface area contributed by atoms with Crippen LogP contribution in [0.2, 0.25) is 0 Å². The van der Waals surface area contributed by atoms with Crippen LogP contribution >= 0.6 is 0 Å². The molecule has 0 heterocycles. The topological polar surface area (TPSA) is 38.7 Å². The van der Waals surface area contributed by atoms with Crippen LogP contribution in [0.25, 0.3) is 0 Å². The predicted molar refractivity (Wildman–Crippen MR) is 49.9 cm³/mol. The molecule has 0 bridgehead atoms. The maximum Gasteiger partial charge on any atom is 0.200 e. The van der Waals surface area contributed by atoms with Gasteiger partial charge in [-0.15, -0.1) is 0 Å². The largest absolute Gasteiger partial charge is 0.502 e. The number of hydrogen-bond donors (Lipinski definition) is 1. The second-order valence-electron chi connectivity index (χ2n) is 2.50. The zero-order valence-electron chi connectivity index (χ0n) is 7.78. The average molecular weight is 181 g/mol. The van der Waals surface area contributed by atoms with Gasteiger partial charge in [0.15, 0.2) is 11.5 Å². The summed E-state index contributed by atoms with van der Waals surface area (Å²) >= 11 is 0. The number of phenolic OH excluding ortho intramolecular Hbond substituents is 1. The van der Waals surface area contributed by atoms with Gasteiger partial charge >= 0.3 is 0 Å². The van der Waals surface area contributed by atoms with Gasteiger partial charge in [-0.1, -0.05) is 13.0 Å². The van der Waals surface area contributed by atoms with Gasteiger partial charge in [0.1, 0.15) is 6.61 Å². The van der Waals surface area contributed by atoms with Gasteiger partial charge in [-0.05, 0) is 18.6 Å². The fourth-order valence-electron chi connectivity index (χ4n) is 0.935. The Morgan fingerprint density at radius 2 is 2.08 bits per heavy atom. The van der Waals surface area contributed by atoms with Crippen molar-refractivity contribution >= 4 is 0 Å². The zero-order valence-corrected chi connectivity index (χ0v) is 7.78. The Balaban J connectivity index is 2.81. The molecule has 0 aliphatic heterocycles. The first-order valence-corrected chi connectivity index (χ1v) is 4.14. The standard InChI is InChI=1S/C10H13O3/c1-3-7-13-9-6-4-5-8(12-2)10(9)11/h4-7,11H,3H2,1-2H3. The van der Waals surface area contributed by atoms with E-state index in [0.29, 0.717) is 11.5 Å². The molecule has 0 aromatic heterocycles. The van der Waals surface area contributed by atoms with Crippen LogP contribution in [0, 0.1) is 6.61 Å². The van der Waals surface area contributed by atoms with Gasteiger partial charge in [0.2, 0.25) is 5.75 Å². The van der Waals surface area contributed by atoms with Crippen molar-refractivity contribution in [3.63, 3.8) is 0 Å². The van der Waals surface area contributed by atoms with Gasteiger partial charge in [0, 0.05) is 0 Å². The van der Waals surface area contributed by atoms with E-state index >= 15 is 0 Å². The maximum atomic E-state index is 9.55. The van der Waals surface area contributed by atoms with E-state index in [-0.39, 0.29) is 5.75 Å². The van der Waals surface area contributed by atoms with Crippen molar-refractivity contribution in [2.45, 2.75) is 13.3 Å². The van der Waals surface area contributed by atoms with Crippen molar-refractivity contribution in [3.05, 3.63) is 24.8 Å². The average Bonchev–Trinajstić information content (AvgIpc) is 2.16. The minimum Gasteiger partial charge on any atom is -0.502 e. The van der Waals surface area contributed by atoms with Crippen LogP contribution < -0.4 is 9.47 Å². The molecule has 0 amide bonds. The van der Waals surface area contributed by atoms with Crippen molar-refractivity contribution in [2.24, 2.45) is 0 Å². The Morgan fingerprint density at radius 3 is 2.69 bits per heavy atom. The molecule has 0 saturated heterocycles.